The zero-order valence-corrected chi connectivity index (χ0v) is 15.8. The third-order valence-corrected chi connectivity index (χ3v) is 4.77. The Balaban J connectivity index is 1.76. The molecule has 1 aliphatic rings. The fourth-order valence-corrected chi connectivity index (χ4v) is 3.31. The van der Waals surface area contributed by atoms with E-state index in [1.807, 2.05) is 56.3 Å². The first-order valence-corrected chi connectivity index (χ1v) is 9.04. The molecule has 0 saturated carbocycles. The van der Waals surface area contributed by atoms with Crippen molar-refractivity contribution in [2.75, 3.05) is 11.4 Å². The maximum absolute atomic E-state index is 12.7. The molecule has 136 valence electrons. The molecule has 1 amide bonds. The van der Waals surface area contributed by atoms with Gasteiger partial charge in [-0.25, -0.2) is 0 Å². The molecule has 1 saturated heterocycles. The molecule has 1 heterocycles. The van der Waals surface area contributed by atoms with E-state index in [1.165, 1.54) is 0 Å². The van der Waals surface area contributed by atoms with E-state index in [9.17, 15) is 9.59 Å². The van der Waals surface area contributed by atoms with Crippen LogP contribution in [0, 0.1) is 19.8 Å². The van der Waals surface area contributed by atoms with Gasteiger partial charge in [-0.2, -0.15) is 0 Å². The molecule has 2 aromatic rings. The molecule has 26 heavy (non-hydrogen) atoms. The minimum absolute atomic E-state index is 0.0362. The number of carbonyl (C=O) groups is 2. The van der Waals surface area contributed by atoms with E-state index >= 15 is 0 Å². The molecule has 0 unspecified atom stereocenters. The predicted molar refractivity (Wildman–Crippen MR) is 103 cm³/mol. The van der Waals surface area contributed by atoms with Gasteiger partial charge in [0.25, 0.3) is 0 Å². The number of aryl methyl sites for hydroxylation is 2. The molecule has 4 heteroatoms. The summed E-state index contributed by atoms with van der Waals surface area (Å²) in [6, 6.07) is 13.7. The van der Waals surface area contributed by atoms with Gasteiger partial charge in [-0.3, -0.25) is 9.59 Å². The van der Waals surface area contributed by atoms with Gasteiger partial charge in [-0.1, -0.05) is 38.1 Å². The summed E-state index contributed by atoms with van der Waals surface area (Å²) in [7, 11) is 0. The van der Waals surface area contributed by atoms with Crippen LogP contribution < -0.4 is 9.64 Å². The van der Waals surface area contributed by atoms with E-state index < -0.39 is 5.92 Å². The van der Waals surface area contributed by atoms with E-state index in [0.29, 0.717) is 12.3 Å². The fourth-order valence-electron chi connectivity index (χ4n) is 3.31. The van der Waals surface area contributed by atoms with Crippen LogP contribution >= 0.6 is 0 Å². The Bertz CT molecular complexity index is 841. The molecular weight excluding hydrogens is 326 g/mol. The second kappa shape index (κ2) is 7.32. The Morgan fingerprint density at radius 2 is 1.85 bits per heavy atom. The van der Waals surface area contributed by atoms with Gasteiger partial charge in [0.2, 0.25) is 5.91 Å². The first-order valence-electron chi connectivity index (χ1n) is 9.04. The maximum atomic E-state index is 12.7. The Labute approximate surface area is 154 Å². The molecule has 1 aliphatic heterocycles. The van der Waals surface area contributed by atoms with Crippen molar-refractivity contribution in [3.05, 3.63) is 59.2 Å². The van der Waals surface area contributed by atoms with Crippen molar-refractivity contribution < 1.29 is 14.3 Å². The molecule has 0 radical (unpaired) electrons. The SMILES string of the molecule is Cc1cccc(N2C[C@@H](C(=O)Oc3cc(C)ccc3C(C)C)CC2=O)c1. The van der Waals surface area contributed by atoms with E-state index in [1.54, 1.807) is 4.90 Å². The normalized spacial score (nSPS) is 17.0. The van der Waals surface area contributed by atoms with Gasteiger partial charge in [0.15, 0.2) is 0 Å². The quantitative estimate of drug-likeness (QED) is 0.606. The van der Waals surface area contributed by atoms with Crippen molar-refractivity contribution in [2.45, 2.75) is 40.0 Å². The largest absolute Gasteiger partial charge is 0.426 e. The molecule has 0 spiro atoms. The minimum atomic E-state index is -0.441. The predicted octanol–water partition coefficient (Wildman–Crippen LogP) is 4.39. The van der Waals surface area contributed by atoms with Crippen molar-refractivity contribution in [3.63, 3.8) is 0 Å². The number of hydrogen-bond donors (Lipinski definition) is 0. The smallest absolute Gasteiger partial charge is 0.316 e. The zero-order valence-electron chi connectivity index (χ0n) is 15.8. The van der Waals surface area contributed by atoms with Crippen molar-refractivity contribution >= 4 is 17.6 Å². The van der Waals surface area contributed by atoms with E-state index in [2.05, 4.69) is 13.8 Å². The van der Waals surface area contributed by atoms with Crippen LogP contribution in [0.15, 0.2) is 42.5 Å². The molecule has 0 bridgehead atoms. The average Bonchev–Trinajstić information content (AvgIpc) is 2.96. The number of benzene rings is 2. The number of amides is 1. The Morgan fingerprint density at radius 3 is 2.54 bits per heavy atom. The lowest BCUT2D eigenvalue weighted by Crippen LogP contribution is -2.27. The summed E-state index contributed by atoms with van der Waals surface area (Å²) >= 11 is 0. The topological polar surface area (TPSA) is 46.6 Å². The van der Waals surface area contributed by atoms with Crippen LogP contribution in [0.5, 0.6) is 5.75 Å². The zero-order chi connectivity index (χ0) is 18.8. The second-order valence-corrected chi connectivity index (χ2v) is 7.36. The first-order chi connectivity index (χ1) is 12.3. The molecule has 1 fully saturated rings. The number of carbonyl (C=O) groups excluding carboxylic acids is 2. The van der Waals surface area contributed by atoms with E-state index in [0.717, 1.165) is 22.4 Å². The lowest BCUT2D eigenvalue weighted by Gasteiger charge is -2.18. The second-order valence-electron chi connectivity index (χ2n) is 7.36. The summed E-state index contributed by atoms with van der Waals surface area (Å²) in [5, 5.41) is 0. The van der Waals surface area contributed by atoms with Crippen molar-refractivity contribution in [3.8, 4) is 5.75 Å². The first kappa shape index (κ1) is 18.2. The molecule has 2 aromatic carbocycles. The van der Waals surface area contributed by atoms with Crippen molar-refractivity contribution in [2.24, 2.45) is 5.92 Å². The Morgan fingerprint density at radius 1 is 1.12 bits per heavy atom. The minimum Gasteiger partial charge on any atom is -0.426 e. The highest BCUT2D eigenvalue weighted by molar-refractivity contribution is 5.99. The Hall–Kier alpha value is -2.62. The fraction of sp³-hybridized carbons (Fsp3) is 0.364. The van der Waals surface area contributed by atoms with Crippen LogP contribution in [-0.2, 0) is 9.59 Å². The van der Waals surface area contributed by atoms with Crippen molar-refractivity contribution in [1.29, 1.82) is 0 Å². The lowest BCUT2D eigenvalue weighted by molar-refractivity contribution is -0.139. The van der Waals surface area contributed by atoms with Crippen LogP contribution in [0.2, 0.25) is 0 Å². The number of esters is 1. The van der Waals surface area contributed by atoms with Gasteiger partial charge in [0.1, 0.15) is 5.75 Å². The van der Waals surface area contributed by atoms with Crippen LogP contribution in [0.1, 0.15) is 42.9 Å². The van der Waals surface area contributed by atoms with Gasteiger partial charge in [0, 0.05) is 18.7 Å². The molecule has 1 atom stereocenters. The molecular formula is C22H25NO3. The number of rotatable bonds is 4. The third kappa shape index (κ3) is 3.79. The summed E-state index contributed by atoms with van der Waals surface area (Å²) in [5.41, 5.74) is 3.97. The maximum Gasteiger partial charge on any atom is 0.316 e. The highest BCUT2D eigenvalue weighted by Crippen LogP contribution is 2.30. The number of nitrogens with zero attached hydrogens (tertiary/aromatic N) is 1. The summed E-state index contributed by atoms with van der Waals surface area (Å²) in [6.45, 7) is 8.46. The van der Waals surface area contributed by atoms with Crippen molar-refractivity contribution in [1.82, 2.24) is 0 Å². The van der Waals surface area contributed by atoms with Crippen LogP contribution in [-0.4, -0.2) is 18.4 Å². The van der Waals surface area contributed by atoms with Gasteiger partial charge >= 0.3 is 5.97 Å². The number of hydrogen-bond acceptors (Lipinski definition) is 3. The van der Waals surface area contributed by atoms with Crippen LogP contribution in [0.4, 0.5) is 5.69 Å². The summed E-state index contributed by atoms with van der Waals surface area (Å²) in [6.07, 6.45) is 0.190. The molecule has 0 aliphatic carbocycles. The lowest BCUT2D eigenvalue weighted by atomic mass is 10.0. The number of anilines is 1. The molecule has 3 rings (SSSR count). The Kier molecular flexibility index (Phi) is 5.12. The summed E-state index contributed by atoms with van der Waals surface area (Å²) in [4.78, 5) is 26.8. The molecule has 0 N–H and O–H groups in total. The van der Waals surface area contributed by atoms with E-state index in [-0.39, 0.29) is 24.2 Å². The van der Waals surface area contributed by atoms with Crippen LogP contribution in [0.3, 0.4) is 0 Å². The summed E-state index contributed by atoms with van der Waals surface area (Å²) in [5.74, 6) is 0.0503. The van der Waals surface area contributed by atoms with Crippen LogP contribution in [0.25, 0.3) is 0 Å². The summed E-state index contributed by atoms with van der Waals surface area (Å²) < 4.78 is 5.71. The van der Waals surface area contributed by atoms with Gasteiger partial charge in [0.05, 0.1) is 5.92 Å². The van der Waals surface area contributed by atoms with E-state index in [4.69, 9.17) is 4.74 Å². The van der Waals surface area contributed by atoms with Gasteiger partial charge in [-0.15, -0.1) is 0 Å². The molecule has 4 nitrogen and oxygen atoms in total. The number of ether oxygens (including phenoxy) is 1. The monoisotopic (exact) mass is 351 g/mol. The van der Waals surface area contributed by atoms with Gasteiger partial charge < -0.3 is 9.64 Å². The highest BCUT2D eigenvalue weighted by atomic mass is 16.5. The molecule has 0 aromatic heterocycles. The standard InChI is InChI=1S/C22H25NO3/c1-14(2)19-9-8-16(4)11-20(19)26-22(25)17-12-21(24)23(13-17)18-7-5-6-15(3)10-18/h5-11,14,17H,12-13H2,1-4H3/t17-/m0/s1. The highest BCUT2D eigenvalue weighted by Gasteiger charge is 2.36. The third-order valence-electron chi connectivity index (χ3n) is 4.77. The average molecular weight is 351 g/mol. The van der Waals surface area contributed by atoms with Gasteiger partial charge in [-0.05, 0) is 54.7 Å².